The predicted molar refractivity (Wildman–Crippen MR) is 116 cm³/mol. The summed E-state index contributed by atoms with van der Waals surface area (Å²) in [6.45, 7) is -0.439. The van der Waals surface area contributed by atoms with E-state index in [1.807, 2.05) is 30.3 Å². The maximum atomic E-state index is 12.1. The molecule has 0 saturated carbocycles. The lowest BCUT2D eigenvalue weighted by Gasteiger charge is -2.09. The van der Waals surface area contributed by atoms with Gasteiger partial charge < -0.3 is 24.6 Å². The topological polar surface area (TPSA) is 94.1 Å². The zero-order valence-electron chi connectivity index (χ0n) is 16.8. The van der Waals surface area contributed by atoms with Crippen LogP contribution < -0.4 is 14.8 Å². The molecule has 0 aliphatic heterocycles. The number of hydrogen-bond acceptors (Lipinski definition) is 6. The number of methoxy groups -OCH3 is 1. The van der Waals surface area contributed by atoms with Gasteiger partial charge in [0.1, 0.15) is 11.5 Å². The number of carbonyl (C=O) groups excluding carboxylic acids is 2. The largest absolute Gasteiger partial charge is 0.504 e. The van der Waals surface area contributed by atoms with Crippen LogP contribution in [0.3, 0.4) is 0 Å². The average Bonchev–Trinajstić information content (AvgIpc) is 2.78. The van der Waals surface area contributed by atoms with Crippen LogP contribution in [-0.2, 0) is 14.3 Å². The van der Waals surface area contributed by atoms with Gasteiger partial charge in [-0.3, -0.25) is 4.79 Å². The number of ether oxygens (including phenoxy) is 3. The fourth-order valence-corrected chi connectivity index (χ4v) is 2.61. The number of aromatic hydroxyl groups is 1. The lowest BCUT2D eigenvalue weighted by atomic mass is 10.2. The molecule has 31 heavy (non-hydrogen) atoms. The first kappa shape index (κ1) is 21.4. The van der Waals surface area contributed by atoms with Crippen LogP contribution in [0.5, 0.6) is 23.0 Å². The SMILES string of the molecule is COc1cc(C=CC(=O)OCC(=O)Nc2cccc(Oc3ccccc3)c2)ccc1O. The van der Waals surface area contributed by atoms with E-state index in [9.17, 15) is 14.7 Å². The van der Waals surface area contributed by atoms with Crippen molar-refractivity contribution in [1.29, 1.82) is 0 Å². The third-order valence-corrected chi connectivity index (χ3v) is 4.06. The second-order valence-electron chi connectivity index (χ2n) is 6.36. The summed E-state index contributed by atoms with van der Waals surface area (Å²) in [7, 11) is 1.43. The molecule has 0 heterocycles. The van der Waals surface area contributed by atoms with E-state index >= 15 is 0 Å². The van der Waals surface area contributed by atoms with E-state index in [4.69, 9.17) is 14.2 Å². The average molecular weight is 419 g/mol. The molecule has 158 valence electrons. The molecule has 0 saturated heterocycles. The summed E-state index contributed by atoms with van der Waals surface area (Å²) in [5, 5.41) is 12.2. The van der Waals surface area contributed by atoms with Crippen molar-refractivity contribution in [2.24, 2.45) is 0 Å². The first-order valence-electron chi connectivity index (χ1n) is 9.38. The van der Waals surface area contributed by atoms with Gasteiger partial charge in [0.15, 0.2) is 18.1 Å². The smallest absolute Gasteiger partial charge is 0.331 e. The second-order valence-corrected chi connectivity index (χ2v) is 6.36. The number of carbonyl (C=O) groups is 2. The van der Waals surface area contributed by atoms with Gasteiger partial charge >= 0.3 is 5.97 Å². The van der Waals surface area contributed by atoms with Crippen molar-refractivity contribution in [2.75, 3.05) is 19.0 Å². The van der Waals surface area contributed by atoms with Crippen LogP contribution in [0, 0.1) is 0 Å². The summed E-state index contributed by atoms with van der Waals surface area (Å²) in [6.07, 6.45) is 2.68. The van der Waals surface area contributed by atoms with Gasteiger partial charge in [-0.1, -0.05) is 30.3 Å². The van der Waals surface area contributed by atoms with E-state index in [1.54, 1.807) is 36.4 Å². The van der Waals surface area contributed by atoms with Crippen LogP contribution in [0.1, 0.15) is 5.56 Å². The first-order chi connectivity index (χ1) is 15.0. The highest BCUT2D eigenvalue weighted by molar-refractivity contribution is 5.94. The lowest BCUT2D eigenvalue weighted by molar-refractivity contribution is -0.142. The number of esters is 1. The molecule has 0 atom stereocenters. The molecule has 0 aliphatic rings. The summed E-state index contributed by atoms with van der Waals surface area (Å²) in [5.41, 5.74) is 1.15. The standard InChI is InChI=1S/C24H21NO6/c1-29-22-14-17(10-12-21(22)26)11-13-24(28)30-16-23(27)25-18-6-5-9-20(15-18)31-19-7-3-2-4-8-19/h2-15,26H,16H2,1H3,(H,25,27). The number of rotatable bonds is 8. The Kier molecular flexibility index (Phi) is 7.26. The number of hydrogen-bond donors (Lipinski definition) is 2. The highest BCUT2D eigenvalue weighted by atomic mass is 16.5. The zero-order chi connectivity index (χ0) is 22.1. The maximum Gasteiger partial charge on any atom is 0.331 e. The predicted octanol–water partition coefficient (Wildman–Crippen LogP) is 4.39. The molecule has 3 rings (SSSR count). The molecule has 0 aromatic heterocycles. The number of amides is 1. The third-order valence-electron chi connectivity index (χ3n) is 4.06. The van der Waals surface area contributed by atoms with E-state index < -0.39 is 18.5 Å². The normalized spacial score (nSPS) is 10.5. The van der Waals surface area contributed by atoms with Crippen LogP contribution in [0.2, 0.25) is 0 Å². The van der Waals surface area contributed by atoms with Crippen LogP contribution in [0.25, 0.3) is 6.08 Å². The van der Waals surface area contributed by atoms with Gasteiger partial charge in [0.25, 0.3) is 5.91 Å². The minimum atomic E-state index is -0.677. The van der Waals surface area contributed by atoms with Crippen LogP contribution in [0.15, 0.2) is 78.9 Å². The van der Waals surface area contributed by atoms with Crippen molar-refractivity contribution in [3.63, 3.8) is 0 Å². The molecule has 0 unspecified atom stereocenters. The molecule has 0 spiro atoms. The zero-order valence-corrected chi connectivity index (χ0v) is 16.8. The molecule has 0 bridgehead atoms. The summed E-state index contributed by atoms with van der Waals surface area (Å²) in [4.78, 5) is 23.9. The Hall–Kier alpha value is -4.26. The molecule has 3 aromatic carbocycles. The van der Waals surface area contributed by atoms with Crippen LogP contribution in [-0.4, -0.2) is 30.7 Å². The van der Waals surface area contributed by atoms with Crippen molar-refractivity contribution >= 4 is 23.6 Å². The minimum Gasteiger partial charge on any atom is -0.504 e. The highest BCUT2D eigenvalue weighted by Crippen LogP contribution is 2.27. The van der Waals surface area contributed by atoms with Gasteiger partial charge in [0, 0.05) is 17.8 Å². The fourth-order valence-electron chi connectivity index (χ4n) is 2.61. The van der Waals surface area contributed by atoms with Crippen LogP contribution >= 0.6 is 0 Å². The summed E-state index contributed by atoms with van der Waals surface area (Å²) < 4.78 is 15.7. The van der Waals surface area contributed by atoms with E-state index in [-0.39, 0.29) is 11.5 Å². The van der Waals surface area contributed by atoms with Crippen molar-refractivity contribution in [3.8, 4) is 23.0 Å². The number of para-hydroxylation sites is 1. The van der Waals surface area contributed by atoms with Crippen molar-refractivity contribution in [2.45, 2.75) is 0 Å². The maximum absolute atomic E-state index is 12.1. The van der Waals surface area contributed by atoms with Gasteiger partial charge in [0.05, 0.1) is 7.11 Å². The second kappa shape index (κ2) is 10.5. The molecule has 7 nitrogen and oxygen atoms in total. The van der Waals surface area contributed by atoms with Gasteiger partial charge in [-0.05, 0) is 48.0 Å². The highest BCUT2D eigenvalue weighted by Gasteiger charge is 2.07. The van der Waals surface area contributed by atoms with Gasteiger partial charge in [-0.25, -0.2) is 4.79 Å². The summed E-state index contributed by atoms with van der Waals surface area (Å²) in [6, 6.07) is 20.8. The molecular weight excluding hydrogens is 398 g/mol. The molecule has 3 aromatic rings. The molecule has 0 aliphatic carbocycles. The first-order valence-corrected chi connectivity index (χ1v) is 9.38. The Balaban J connectivity index is 1.49. The molecule has 2 N–H and O–H groups in total. The Morgan fingerprint density at radius 2 is 1.74 bits per heavy atom. The quantitative estimate of drug-likeness (QED) is 0.416. The molecule has 0 radical (unpaired) electrons. The van der Waals surface area contributed by atoms with E-state index in [2.05, 4.69) is 5.32 Å². The van der Waals surface area contributed by atoms with Crippen molar-refractivity contribution in [1.82, 2.24) is 0 Å². The van der Waals surface area contributed by atoms with Gasteiger partial charge in [-0.2, -0.15) is 0 Å². The van der Waals surface area contributed by atoms with E-state index in [1.165, 1.54) is 25.3 Å². The number of anilines is 1. The molecule has 7 heteroatoms. The number of nitrogens with one attached hydrogen (secondary N) is 1. The van der Waals surface area contributed by atoms with E-state index in [0.717, 1.165) is 0 Å². The minimum absolute atomic E-state index is 0.00265. The van der Waals surface area contributed by atoms with E-state index in [0.29, 0.717) is 22.7 Å². The lowest BCUT2D eigenvalue weighted by Crippen LogP contribution is -2.20. The third kappa shape index (κ3) is 6.64. The number of phenols is 1. The number of phenolic OH excluding ortho intramolecular Hbond substituents is 1. The van der Waals surface area contributed by atoms with Crippen LogP contribution in [0.4, 0.5) is 5.69 Å². The van der Waals surface area contributed by atoms with Crippen molar-refractivity contribution in [3.05, 3.63) is 84.4 Å². The summed E-state index contributed by atoms with van der Waals surface area (Å²) in [5.74, 6) is 0.366. The number of benzene rings is 3. The molecule has 1 amide bonds. The molecular formula is C24H21NO6. The Bertz CT molecular complexity index is 1080. The monoisotopic (exact) mass is 419 g/mol. The van der Waals surface area contributed by atoms with Gasteiger partial charge in [-0.15, -0.1) is 0 Å². The Labute approximate surface area is 179 Å². The summed E-state index contributed by atoms with van der Waals surface area (Å²) >= 11 is 0. The fraction of sp³-hybridized carbons (Fsp3) is 0.0833. The molecule has 0 fully saturated rings. The van der Waals surface area contributed by atoms with Gasteiger partial charge in [0.2, 0.25) is 0 Å². The Morgan fingerprint density at radius 1 is 0.968 bits per heavy atom. The Morgan fingerprint density at radius 3 is 2.52 bits per heavy atom. The van der Waals surface area contributed by atoms with Crippen molar-refractivity contribution < 1.29 is 28.9 Å².